The van der Waals surface area contributed by atoms with Crippen molar-refractivity contribution in [2.75, 3.05) is 13.1 Å². The zero-order valence-electron chi connectivity index (χ0n) is 18.4. The lowest BCUT2D eigenvalue weighted by Gasteiger charge is -2.18. The van der Waals surface area contributed by atoms with Crippen LogP contribution in [0.15, 0.2) is 63.8 Å². The van der Waals surface area contributed by atoms with Gasteiger partial charge in [-0.2, -0.15) is 5.26 Å². The van der Waals surface area contributed by atoms with Gasteiger partial charge in [0.05, 0.1) is 11.1 Å². The van der Waals surface area contributed by atoms with E-state index in [2.05, 4.69) is 0 Å². The van der Waals surface area contributed by atoms with Gasteiger partial charge in [-0.05, 0) is 65.1 Å². The van der Waals surface area contributed by atoms with E-state index in [0.29, 0.717) is 40.9 Å². The smallest absolute Gasteiger partial charge is 0.408 e. The third-order valence-corrected chi connectivity index (χ3v) is 6.28. The number of carbonyl (C=O) groups excluding carboxylic acids is 1. The van der Waals surface area contributed by atoms with Crippen LogP contribution in [0.5, 0.6) is 0 Å². The van der Waals surface area contributed by atoms with E-state index in [-0.39, 0.29) is 17.5 Å². The van der Waals surface area contributed by atoms with Crippen molar-refractivity contribution < 1.29 is 13.6 Å². The number of hydrogen-bond donors (Lipinski definition) is 1. The number of oxazole rings is 1. The Hall–Kier alpha value is -4.22. The maximum atomic E-state index is 14.5. The third-order valence-electron chi connectivity index (χ3n) is 6.28. The number of rotatable bonds is 3. The number of aromatic nitrogens is 1. The van der Waals surface area contributed by atoms with Crippen molar-refractivity contribution in [1.82, 2.24) is 9.47 Å². The summed E-state index contributed by atoms with van der Waals surface area (Å²) in [6.45, 7) is 1.08. The molecule has 1 saturated heterocycles. The molecule has 1 fully saturated rings. The molecule has 2 heterocycles. The molecule has 5 rings (SSSR count). The van der Waals surface area contributed by atoms with Gasteiger partial charge in [0.25, 0.3) is 5.91 Å². The molecule has 0 unspecified atom stereocenters. The van der Waals surface area contributed by atoms with Gasteiger partial charge in [0.15, 0.2) is 5.58 Å². The van der Waals surface area contributed by atoms with E-state index < -0.39 is 11.6 Å². The Bertz CT molecular complexity index is 1550. The highest BCUT2D eigenvalue weighted by molar-refractivity contribution is 5.98. The molecule has 170 valence electrons. The second-order valence-corrected chi connectivity index (χ2v) is 8.48. The number of carbonyl (C=O) groups is 1. The number of fused-ring (bicyclic) bond motifs is 1. The molecule has 0 radical (unpaired) electrons. The topological polar surface area (TPSA) is 105 Å². The van der Waals surface area contributed by atoms with Crippen LogP contribution in [0.2, 0.25) is 0 Å². The molecule has 3 aromatic carbocycles. The summed E-state index contributed by atoms with van der Waals surface area (Å²) >= 11 is 0. The van der Waals surface area contributed by atoms with Gasteiger partial charge >= 0.3 is 5.76 Å². The summed E-state index contributed by atoms with van der Waals surface area (Å²) in [5, 5.41) is 9.11. The molecule has 1 atom stereocenters. The highest BCUT2D eigenvalue weighted by Crippen LogP contribution is 2.35. The van der Waals surface area contributed by atoms with Crippen LogP contribution in [0, 0.1) is 17.1 Å². The maximum Gasteiger partial charge on any atom is 0.419 e. The highest BCUT2D eigenvalue weighted by atomic mass is 19.1. The van der Waals surface area contributed by atoms with E-state index in [1.165, 1.54) is 16.7 Å². The molecule has 0 saturated carbocycles. The van der Waals surface area contributed by atoms with Crippen molar-refractivity contribution >= 4 is 17.0 Å². The SMILES string of the molecule is Cn1c(=O)oc2cc(-c3ccc(C(=O)N4CC[C@H](N)C4)cc3-c3ccc(C#N)c(F)c3)ccc21. The summed E-state index contributed by atoms with van der Waals surface area (Å²) in [6.07, 6.45) is 0.750. The van der Waals surface area contributed by atoms with E-state index in [1.807, 2.05) is 12.1 Å². The predicted molar refractivity (Wildman–Crippen MR) is 125 cm³/mol. The predicted octanol–water partition coefficient (Wildman–Crippen LogP) is 3.65. The number of nitrogens with zero attached hydrogens (tertiary/aromatic N) is 3. The van der Waals surface area contributed by atoms with E-state index in [4.69, 9.17) is 15.4 Å². The van der Waals surface area contributed by atoms with Crippen LogP contribution >= 0.6 is 0 Å². The van der Waals surface area contributed by atoms with Gasteiger partial charge in [0, 0.05) is 31.7 Å². The molecular formula is C26H21FN4O3. The van der Waals surface area contributed by atoms with Crippen molar-refractivity contribution in [1.29, 1.82) is 5.26 Å². The average molecular weight is 456 g/mol. The molecule has 34 heavy (non-hydrogen) atoms. The van der Waals surface area contributed by atoms with Crippen molar-refractivity contribution in [2.45, 2.75) is 12.5 Å². The zero-order valence-corrected chi connectivity index (χ0v) is 18.4. The van der Waals surface area contributed by atoms with Crippen molar-refractivity contribution in [3.8, 4) is 28.3 Å². The van der Waals surface area contributed by atoms with Crippen LogP contribution in [0.4, 0.5) is 4.39 Å². The van der Waals surface area contributed by atoms with Gasteiger partial charge in [-0.3, -0.25) is 9.36 Å². The molecule has 0 spiro atoms. The molecule has 7 nitrogen and oxygen atoms in total. The van der Waals surface area contributed by atoms with E-state index in [0.717, 1.165) is 17.5 Å². The molecule has 4 aromatic rings. The average Bonchev–Trinajstić information content (AvgIpc) is 3.40. The molecule has 2 N–H and O–H groups in total. The Morgan fingerprint density at radius 1 is 1.12 bits per heavy atom. The van der Waals surface area contributed by atoms with Crippen LogP contribution in [0.25, 0.3) is 33.4 Å². The van der Waals surface area contributed by atoms with Crippen LogP contribution in [-0.2, 0) is 7.05 Å². The van der Waals surface area contributed by atoms with Gasteiger partial charge in [0.2, 0.25) is 0 Å². The Morgan fingerprint density at radius 3 is 2.59 bits per heavy atom. The fourth-order valence-corrected chi connectivity index (χ4v) is 4.40. The number of likely N-dealkylation sites (tertiary alicyclic amines) is 1. The zero-order chi connectivity index (χ0) is 24.0. The van der Waals surface area contributed by atoms with Crippen molar-refractivity contribution in [3.05, 3.63) is 82.1 Å². The minimum Gasteiger partial charge on any atom is -0.408 e. The monoisotopic (exact) mass is 456 g/mol. The summed E-state index contributed by atoms with van der Waals surface area (Å²) in [7, 11) is 1.63. The Morgan fingerprint density at radius 2 is 1.88 bits per heavy atom. The summed E-state index contributed by atoms with van der Waals surface area (Å²) in [5.41, 5.74) is 10.1. The summed E-state index contributed by atoms with van der Waals surface area (Å²) < 4.78 is 21.3. The number of benzene rings is 3. The van der Waals surface area contributed by atoms with Crippen molar-refractivity contribution in [3.63, 3.8) is 0 Å². The van der Waals surface area contributed by atoms with Gasteiger partial charge in [0.1, 0.15) is 11.9 Å². The minimum atomic E-state index is -0.641. The minimum absolute atomic E-state index is 0.0393. The van der Waals surface area contributed by atoms with E-state index in [1.54, 1.807) is 48.3 Å². The fourth-order valence-electron chi connectivity index (χ4n) is 4.40. The van der Waals surface area contributed by atoms with Crippen LogP contribution in [0.1, 0.15) is 22.3 Å². The number of nitrogens with two attached hydrogens (primary N) is 1. The number of nitriles is 1. The largest absolute Gasteiger partial charge is 0.419 e. The Kier molecular flexibility index (Phi) is 5.27. The molecule has 1 amide bonds. The molecule has 0 bridgehead atoms. The van der Waals surface area contributed by atoms with Gasteiger partial charge in [-0.15, -0.1) is 0 Å². The second kappa shape index (κ2) is 8.28. The van der Waals surface area contributed by atoms with E-state index in [9.17, 15) is 14.0 Å². The molecule has 8 heteroatoms. The summed E-state index contributed by atoms with van der Waals surface area (Å²) in [5.74, 6) is -1.25. The number of hydrogen-bond acceptors (Lipinski definition) is 5. The Labute approximate surface area is 194 Å². The normalized spacial score (nSPS) is 15.6. The van der Waals surface area contributed by atoms with Crippen molar-refractivity contribution in [2.24, 2.45) is 12.8 Å². The highest BCUT2D eigenvalue weighted by Gasteiger charge is 2.25. The quantitative estimate of drug-likeness (QED) is 0.507. The maximum absolute atomic E-state index is 14.5. The first kappa shape index (κ1) is 21.6. The van der Waals surface area contributed by atoms with Crippen LogP contribution in [-0.4, -0.2) is 34.5 Å². The fraction of sp³-hybridized carbons (Fsp3) is 0.192. The Balaban J connectivity index is 1.66. The first-order valence-corrected chi connectivity index (χ1v) is 10.8. The molecule has 1 aliphatic rings. The standard InChI is InChI=1S/C26H21FN4O3/c1-30-23-7-5-16(12-24(23)34-26(30)33)20-6-4-17(25(32)31-9-8-19(29)14-31)10-21(20)15-2-3-18(13-28)22(27)11-15/h2-7,10-12,19H,8-9,14,29H2,1H3/t19-/m0/s1. The van der Waals surface area contributed by atoms with Gasteiger partial charge in [-0.25, -0.2) is 9.18 Å². The van der Waals surface area contributed by atoms with Gasteiger partial charge < -0.3 is 15.1 Å². The lowest BCUT2D eigenvalue weighted by atomic mass is 9.92. The van der Waals surface area contributed by atoms with Crippen LogP contribution < -0.4 is 11.5 Å². The van der Waals surface area contributed by atoms with Crippen LogP contribution in [0.3, 0.4) is 0 Å². The second-order valence-electron chi connectivity index (χ2n) is 8.48. The third kappa shape index (κ3) is 3.66. The molecule has 1 aliphatic heterocycles. The molecular weight excluding hydrogens is 435 g/mol. The first-order chi connectivity index (χ1) is 16.4. The van der Waals surface area contributed by atoms with E-state index >= 15 is 0 Å². The number of amides is 1. The summed E-state index contributed by atoms with van der Waals surface area (Å²) in [4.78, 5) is 26.7. The number of aryl methyl sites for hydroxylation is 1. The number of halogens is 1. The lowest BCUT2D eigenvalue weighted by molar-refractivity contribution is 0.0791. The molecule has 1 aromatic heterocycles. The first-order valence-electron chi connectivity index (χ1n) is 10.8. The summed E-state index contributed by atoms with van der Waals surface area (Å²) in [6, 6.07) is 16.8. The molecule has 0 aliphatic carbocycles. The lowest BCUT2D eigenvalue weighted by Crippen LogP contribution is -2.31. The van der Waals surface area contributed by atoms with Gasteiger partial charge in [-0.1, -0.05) is 18.2 Å².